The topological polar surface area (TPSA) is 62.7 Å². The fraction of sp³-hybridized carbons (Fsp3) is 0.550. The highest BCUT2D eigenvalue weighted by Gasteiger charge is 2.36. The highest BCUT2D eigenvalue weighted by atomic mass is 32.2. The number of sulfonamides is 1. The van der Waals surface area contributed by atoms with Gasteiger partial charge in [-0.2, -0.15) is 13.2 Å². The predicted molar refractivity (Wildman–Crippen MR) is 111 cm³/mol. The van der Waals surface area contributed by atoms with Crippen LogP contribution in [0.2, 0.25) is 0 Å². The monoisotopic (exact) mass is 511 g/mol. The van der Waals surface area contributed by atoms with Crippen molar-refractivity contribution < 1.29 is 35.1 Å². The van der Waals surface area contributed by atoms with Crippen LogP contribution in [-0.2, 0) is 22.7 Å². The highest BCUT2D eigenvalue weighted by molar-refractivity contribution is 7.88. The maximum Gasteiger partial charge on any atom is 0.434 e. The van der Waals surface area contributed by atoms with E-state index in [9.17, 15) is 30.4 Å². The Morgan fingerprint density at radius 3 is 2.24 bits per heavy atom. The van der Waals surface area contributed by atoms with Crippen LogP contribution >= 0.6 is 11.3 Å². The average Bonchev–Trinajstić information content (AvgIpc) is 3.19. The Hall–Kier alpha value is -1.83. The van der Waals surface area contributed by atoms with Gasteiger partial charge in [0.1, 0.15) is 5.01 Å². The summed E-state index contributed by atoms with van der Waals surface area (Å²) >= 11 is 0.870. The van der Waals surface area contributed by atoms with Crippen LogP contribution in [0.25, 0.3) is 0 Å². The third kappa shape index (κ3) is 5.47. The van der Waals surface area contributed by atoms with E-state index in [-0.39, 0.29) is 30.6 Å². The molecule has 2 fully saturated rings. The van der Waals surface area contributed by atoms with Crippen molar-refractivity contribution >= 4 is 21.4 Å². The fourth-order valence-electron chi connectivity index (χ4n) is 4.00. The number of alkyl halides is 3. The van der Waals surface area contributed by atoms with Crippen molar-refractivity contribution in [3.63, 3.8) is 0 Å². The van der Waals surface area contributed by atoms with Gasteiger partial charge in [-0.05, 0) is 36.5 Å². The number of halogens is 5. The number of hydrogen-bond acceptors (Lipinski definition) is 6. The van der Waals surface area contributed by atoms with Crippen molar-refractivity contribution in [1.29, 1.82) is 0 Å². The predicted octanol–water partition coefficient (Wildman–Crippen LogP) is 4.19. The quantitative estimate of drug-likeness (QED) is 0.545. The summed E-state index contributed by atoms with van der Waals surface area (Å²) in [5.41, 5.74) is -0.519. The molecule has 2 saturated heterocycles. The second-order valence-electron chi connectivity index (χ2n) is 8.21. The summed E-state index contributed by atoms with van der Waals surface area (Å²) in [6.45, 7) is 1.17. The van der Waals surface area contributed by atoms with Crippen LogP contribution in [-0.4, -0.2) is 54.7 Å². The molecule has 3 heterocycles. The Morgan fingerprint density at radius 2 is 1.76 bits per heavy atom. The molecule has 0 aliphatic carbocycles. The molecular formula is C20H22F5N3O3S2. The van der Waals surface area contributed by atoms with Crippen LogP contribution in [0.4, 0.5) is 22.0 Å². The van der Waals surface area contributed by atoms with Gasteiger partial charge in [0.15, 0.2) is 29.3 Å². The maximum atomic E-state index is 14.7. The first-order chi connectivity index (χ1) is 15.4. The number of likely N-dealkylation sites (tertiary alicyclic amines) is 1. The molecule has 0 amide bonds. The van der Waals surface area contributed by atoms with E-state index in [2.05, 4.69) is 4.98 Å². The standard InChI is InChI=1S/C20H22F5N3O3S2/c1-33(29,30)28-6-2-12(3-7-28)13-8-14(21)19(15(22)9-13)31-18-4-5-27(18)10-17-26-16(11-32-17)20(23,24)25/h8-9,11-12,18H,2-7,10H2,1H3. The molecule has 2 aromatic rings. The van der Waals surface area contributed by atoms with Crippen molar-refractivity contribution in [2.45, 2.75) is 44.1 Å². The Labute approximate surface area is 192 Å². The molecule has 182 valence electrons. The molecule has 4 rings (SSSR count). The van der Waals surface area contributed by atoms with Crippen LogP contribution in [0.15, 0.2) is 17.5 Å². The van der Waals surface area contributed by atoms with Crippen LogP contribution in [0, 0.1) is 11.6 Å². The maximum absolute atomic E-state index is 14.7. The molecule has 1 unspecified atom stereocenters. The lowest BCUT2D eigenvalue weighted by Crippen LogP contribution is -2.50. The molecule has 0 bridgehead atoms. The number of thiazole rings is 1. The molecule has 1 atom stereocenters. The molecule has 1 aromatic heterocycles. The molecule has 13 heteroatoms. The van der Waals surface area contributed by atoms with E-state index < -0.39 is 45.5 Å². The average molecular weight is 512 g/mol. The number of piperidine rings is 1. The molecule has 0 spiro atoms. The van der Waals surface area contributed by atoms with Crippen molar-refractivity contribution in [2.75, 3.05) is 25.9 Å². The number of aromatic nitrogens is 1. The van der Waals surface area contributed by atoms with E-state index >= 15 is 0 Å². The summed E-state index contributed by atoms with van der Waals surface area (Å²) in [7, 11) is -3.30. The van der Waals surface area contributed by atoms with Gasteiger partial charge in [0, 0.05) is 31.4 Å². The summed E-state index contributed by atoms with van der Waals surface area (Å²) in [5.74, 6) is -2.43. The van der Waals surface area contributed by atoms with Gasteiger partial charge in [-0.1, -0.05) is 0 Å². The largest absolute Gasteiger partial charge is 0.469 e. The summed E-state index contributed by atoms with van der Waals surface area (Å²) in [5, 5.41) is 1.18. The molecule has 2 aliphatic heterocycles. The molecule has 0 N–H and O–H groups in total. The van der Waals surface area contributed by atoms with Crippen LogP contribution in [0.3, 0.4) is 0 Å². The molecule has 1 aromatic carbocycles. The molecule has 6 nitrogen and oxygen atoms in total. The summed E-state index contributed by atoms with van der Waals surface area (Å²) in [6, 6.07) is 2.41. The zero-order valence-corrected chi connectivity index (χ0v) is 19.2. The van der Waals surface area contributed by atoms with Gasteiger partial charge < -0.3 is 4.74 Å². The zero-order chi connectivity index (χ0) is 24.0. The van der Waals surface area contributed by atoms with Crippen molar-refractivity contribution in [2.24, 2.45) is 0 Å². The lowest BCUT2D eigenvalue weighted by molar-refractivity contribution is -0.140. The minimum Gasteiger partial charge on any atom is -0.469 e. The van der Waals surface area contributed by atoms with Crippen molar-refractivity contribution in [1.82, 2.24) is 14.2 Å². The minimum absolute atomic E-state index is 0.0889. The van der Waals surface area contributed by atoms with Gasteiger partial charge in [0.2, 0.25) is 10.0 Å². The Morgan fingerprint density at radius 1 is 1.12 bits per heavy atom. The van der Waals surface area contributed by atoms with Crippen molar-refractivity contribution in [3.8, 4) is 5.75 Å². The van der Waals surface area contributed by atoms with Crippen LogP contribution in [0.5, 0.6) is 5.75 Å². The smallest absolute Gasteiger partial charge is 0.434 e. The third-order valence-corrected chi connectivity index (χ3v) is 8.06. The van der Waals surface area contributed by atoms with Gasteiger partial charge >= 0.3 is 6.18 Å². The SMILES string of the molecule is CS(=O)(=O)N1CCC(c2cc(F)c(OC3CCN3Cc3nc(C(F)(F)F)cs3)c(F)c2)CC1. The summed E-state index contributed by atoms with van der Waals surface area (Å²) in [6.07, 6.45) is -2.67. The fourth-order valence-corrected chi connectivity index (χ4v) is 5.70. The van der Waals surface area contributed by atoms with Crippen LogP contribution in [0.1, 0.15) is 41.4 Å². The second kappa shape index (κ2) is 9.08. The lowest BCUT2D eigenvalue weighted by Gasteiger charge is -2.40. The van der Waals surface area contributed by atoms with E-state index in [1.54, 1.807) is 4.90 Å². The molecule has 2 aliphatic rings. The van der Waals surface area contributed by atoms with Crippen molar-refractivity contribution in [3.05, 3.63) is 45.4 Å². The molecule has 0 radical (unpaired) electrons. The van der Waals surface area contributed by atoms with E-state index in [0.29, 0.717) is 31.4 Å². The van der Waals surface area contributed by atoms with Gasteiger partial charge in [-0.15, -0.1) is 11.3 Å². The number of ether oxygens (including phenoxy) is 1. The van der Waals surface area contributed by atoms with Gasteiger partial charge in [0.25, 0.3) is 0 Å². The van der Waals surface area contributed by atoms with Crippen LogP contribution < -0.4 is 4.74 Å². The number of nitrogens with zero attached hydrogens (tertiary/aromatic N) is 3. The number of rotatable bonds is 6. The highest BCUT2D eigenvalue weighted by Crippen LogP contribution is 2.35. The van der Waals surface area contributed by atoms with Gasteiger partial charge in [0.05, 0.1) is 12.8 Å². The molecular weight excluding hydrogens is 489 g/mol. The van der Waals surface area contributed by atoms with Gasteiger partial charge in [-0.3, -0.25) is 4.90 Å². The second-order valence-corrected chi connectivity index (χ2v) is 11.1. The Kier molecular flexibility index (Phi) is 6.69. The summed E-state index contributed by atoms with van der Waals surface area (Å²) < 4.78 is 97.7. The summed E-state index contributed by atoms with van der Waals surface area (Å²) in [4.78, 5) is 5.23. The van der Waals surface area contributed by atoms with E-state index in [4.69, 9.17) is 4.74 Å². The van der Waals surface area contributed by atoms with E-state index in [1.807, 2.05) is 0 Å². The zero-order valence-electron chi connectivity index (χ0n) is 17.6. The Bertz CT molecular complexity index is 1090. The third-order valence-electron chi connectivity index (χ3n) is 5.92. The normalized spacial score (nSPS) is 21.2. The first-order valence-electron chi connectivity index (χ1n) is 10.3. The van der Waals surface area contributed by atoms with E-state index in [0.717, 1.165) is 23.0 Å². The number of hydrogen-bond donors (Lipinski definition) is 0. The first kappa shape index (κ1) is 24.3. The van der Waals surface area contributed by atoms with E-state index in [1.165, 1.54) is 16.4 Å². The molecule has 33 heavy (non-hydrogen) atoms. The molecule has 0 saturated carbocycles. The lowest BCUT2D eigenvalue weighted by atomic mass is 9.90. The van der Waals surface area contributed by atoms with Gasteiger partial charge in [-0.25, -0.2) is 26.5 Å². The first-order valence-corrected chi connectivity index (χ1v) is 13.0. The minimum atomic E-state index is -4.52. The number of benzene rings is 1. The Balaban J connectivity index is 1.39.